The summed E-state index contributed by atoms with van der Waals surface area (Å²) in [7, 11) is 0. The molecular weight excluding hydrogens is 260 g/mol. The molecule has 1 aliphatic rings. The Bertz CT molecular complexity index is 254. The number of carbonyl (C=O) groups excluding carboxylic acids is 2. The van der Waals surface area contributed by atoms with E-state index in [2.05, 4.69) is 15.9 Å². The van der Waals surface area contributed by atoms with Gasteiger partial charge in [0.15, 0.2) is 0 Å². The molecule has 0 aromatic heterocycles. The molecule has 0 aromatic rings. The van der Waals surface area contributed by atoms with Crippen LogP contribution in [-0.4, -0.2) is 52.6 Å². The minimum atomic E-state index is -0.0954. The fourth-order valence-corrected chi connectivity index (χ4v) is 2.19. The van der Waals surface area contributed by atoms with Crippen LogP contribution in [0.5, 0.6) is 0 Å². The molecule has 0 N–H and O–H groups in total. The minimum Gasteiger partial charge on any atom is -0.342 e. The Labute approximate surface area is 98.7 Å². The molecule has 1 fully saturated rings. The van der Waals surface area contributed by atoms with E-state index in [1.54, 1.807) is 9.80 Å². The summed E-state index contributed by atoms with van der Waals surface area (Å²) in [5.41, 5.74) is 0. The number of rotatable bonds is 4. The number of nitrogens with zero attached hydrogens (tertiary/aromatic N) is 2. The fourth-order valence-electron chi connectivity index (χ4n) is 1.70. The van der Waals surface area contributed by atoms with Crippen molar-refractivity contribution in [1.82, 2.24) is 9.80 Å². The highest BCUT2D eigenvalue weighted by Crippen LogP contribution is 2.18. The van der Waals surface area contributed by atoms with Gasteiger partial charge in [0.2, 0.25) is 11.8 Å². The second-order valence-electron chi connectivity index (χ2n) is 3.58. The van der Waals surface area contributed by atoms with Gasteiger partial charge < -0.3 is 9.80 Å². The lowest BCUT2D eigenvalue weighted by Gasteiger charge is -2.22. The van der Waals surface area contributed by atoms with E-state index in [1.807, 2.05) is 13.8 Å². The van der Waals surface area contributed by atoms with Gasteiger partial charge in [-0.2, -0.15) is 0 Å². The average molecular weight is 277 g/mol. The zero-order chi connectivity index (χ0) is 11.4. The van der Waals surface area contributed by atoms with Crippen molar-refractivity contribution in [3.8, 4) is 0 Å². The van der Waals surface area contributed by atoms with Crippen LogP contribution >= 0.6 is 15.9 Å². The molecular formula is C10H17BrN2O2. The van der Waals surface area contributed by atoms with Gasteiger partial charge in [0.1, 0.15) is 0 Å². The van der Waals surface area contributed by atoms with Crippen molar-refractivity contribution in [1.29, 1.82) is 0 Å². The summed E-state index contributed by atoms with van der Waals surface area (Å²) < 4.78 is 0. The largest absolute Gasteiger partial charge is 0.342 e. The first-order chi connectivity index (χ1) is 7.10. The number of amides is 2. The van der Waals surface area contributed by atoms with E-state index in [-0.39, 0.29) is 23.2 Å². The molecule has 2 amide bonds. The van der Waals surface area contributed by atoms with Crippen LogP contribution < -0.4 is 0 Å². The van der Waals surface area contributed by atoms with Gasteiger partial charge in [0, 0.05) is 19.6 Å². The standard InChI is InChI=1S/C10H17BrN2O2/c1-3-12(4-2)9(14)7-13-6-5-8(11)10(13)15/h8H,3-7H2,1-2H3. The zero-order valence-corrected chi connectivity index (χ0v) is 10.8. The van der Waals surface area contributed by atoms with E-state index >= 15 is 0 Å². The third kappa shape index (κ3) is 2.93. The lowest BCUT2D eigenvalue weighted by molar-refractivity contribution is -0.137. The topological polar surface area (TPSA) is 40.6 Å². The predicted octanol–water partition coefficient (Wildman–Crippen LogP) is 0.851. The highest BCUT2D eigenvalue weighted by molar-refractivity contribution is 9.10. The first kappa shape index (κ1) is 12.5. The van der Waals surface area contributed by atoms with Gasteiger partial charge in [0.25, 0.3) is 0 Å². The van der Waals surface area contributed by atoms with Crippen LogP contribution in [-0.2, 0) is 9.59 Å². The molecule has 4 nitrogen and oxygen atoms in total. The molecule has 0 bridgehead atoms. The molecule has 86 valence electrons. The predicted molar refractivity (Wildman–Crippen MR) is 61.8 cm³/mol. The summed E-state index contributed by atoms with van der Waals surface area (Å²) in [5.74, 6) is 0.0745. The Hall–Kier alpha value is -0.580. The van der Waals surface area contributed by atoms with Crippen molar-refractivity contribution >= 4 is 27.7 Å². The number of halogens is 1. The number of likely N-dealkylation sites (N-methyl/N-ethyl adjacent to an activating group) is 1. The van der Waals surface area contributed by atoms with Crippen LogP contribution in [0, 0.1) is 0 Å². The molecule has 1 saturated heterocycles. The highest BCUT2D eigenvalue weighted by Gasteiger charge is 2.31. The van der Waals surface area contributed by atoms with E-state index in [9.17, 15) is 9.59 Å². The number of hydrogen-bond donors (Lipinski definition) is 0. The Morgan fingerprint density at radius 1 is 1.53 bits per heavy atom. The van der Waals surface area contributed by atoms with Gasteiger partial charge in [-0.3, -0.25) is 9.59 Å². The fraction of sp³-hybridized carbons (Fsp3) is 0.800. The second kappa shape index (κ2) is 5.49. The highest BCUT2D eigenvalue weighted by atomic mass is 79.9. The van der Waals surface area contributed by atoms with Crippen molar-refractivity contribution in [3.63, 3.8) is 0 Å². The van der Waals surface area contributed by atoms with E-state index in [4.69, 9.17) is 0 Å². The number of hydrogen-bond acceptors (Lipinski definition) is 2. The molecule has 15 heavy (non-hydrogen) atoms. The van der Waals surface area contributed by atoms with Crippen LogP contribution in [0.4, 0.5) is 0 Å². The summed E-state index contributed by atoms with van der Waals surface area (Å²) in [6, 6.07) is 0. The summed E-state index contributed by atoms with van der Waals surface area (Å²) in [6.07, 6.45) is 0.796. The lowest BCUT2D eigenvalue weighted by atomic mass is 10.4. The molecule has 1 heterocycles. The monoisotopic (exact) mass is 276 g/mol. The van der Waals surface area contributed by atoms with E-state index < -0.39 is 0 Å². The van der Waals surface area contributed by atoms with Crippen LogP contribution in [0.15, 0.2) is 0 Å². The smallest absolute Gasteiger partial charge is 0.242 e. The van der Waals surface area contributed by atoms with Crippen LogP contribution in [0.3, 0.4) is 0 Å². The Morgan fingerprint density at radius 2 is 2.13 bits per heavy atom. The van der Waals surface area contributed by atoms with Crippen LogP contribution in [0.2, 0.25) is 0 Å². The number of likely N-dealkylation sites (tertiary alicyclic amines) is 1. The Balaban J connectivity index is 2.48. The average Bonchev–Trinajstić information content (AvgIpc) is 2.52. The summed E-state index contributed by atoms with van der Waals surface area (Å²) in [4.78, 5) is 26.6. The van der Waals surface area contributed by atoms with Gasteiger partial charge in [-0.25, -0.2) is 0 Å². The van der Waals surface area contributed by atoms with Gasteiger partial charge in [-0.15, -0.1) is 0 Å². The number of carbonyl (C=O) groups is 2. The van der Waals surface area contributed by atoms with Crippen molar-refractivity contribution in [2.75, 3.05) is 26.2 Å². The van der Waals surface area contributed by atoms with Crippen molar-refractivity contribution in [2.24, 2.45) is 0 Å². The normalized spacial score (nSPS) is 20.9. The lowest BCUT2D eigenvalue weighted by Crippen LogP contribution is -2.41. The zero-order valence-electron chi connectivity index (χ0n) is 9.20. The molecule has 0 aliphatic carbocycles. The van der Waals surface area contributed by atoms with E-state index in [0.29, 0.717) is 19.6 Å². The quantitative estimate of drug-likeness (QED) is 0.715. The van der Waals surface area contributed by atoms with Gasteiger partial charge in [-0.1, -0.05) is 15.9 Å². The van der Waals surface area contributed by atoms with Crippen LogP contribution in [0.25, 0.3) is 0 Å². The van der Waals surface area contributed by atoms with Crippen molar-refractivity contribution in [2.45, 2.75) is 25.1 Å². The van der Waals surface area contributed by atoms with Crippen molar-refractivity contribution < 1.29 is 9.59 Å². The molecule has 1 atom stereocenters. The molecule has 1 aliphatic heterocycles. The molecule has 0 radical (unpaired) electrons. The number of alkyl halides is 1. The first-order valence-electron chi connectivity index (χ1n) is 5.30. The Kier molecular flexibility index (Phi) is 4.57. The summed E-state index contributed by atoms with van der Waals surface area (Å²) in [6.45, 7) is 6.20. The minimum absolute atomic E-state index is 0.0370. The van der Waals surface area contributed by atoms with E-state index in [1.165, 1.54) is 0 Å². The third-order valence-electron chi connectivity index (χ3n) is 2.67. The maximum absolute atomic E-state index is 11.7. The SMILES string of the molecule is CCN(CC)C(=O)CN1CCC(Br)C1=O. The van der Waals surface area contributed by atoms with Gasteiger partial charge in [0.05, 0.1) is 11.4 Å². The van der Waals surface area contributed by atoms with E-state index in [0.717, 1.165) is 6.42 Å². The molecule has 0 saturated carbocycles. The molecule has 5 heteroatoms. The first-order valence-corrected chi connectivity index (χ1v) is 6.22. The maximum Gasteiger partial charge on any atom is 0.242 e. The van der Waals surface area contributed by atoms with Crippen LogP contribution in [0.1, 0.15) is 20.3 Å². The summed E-state index contributed by atoms with van der Waals surface area (Å²) >= 11 is 3.29. The van der Waals surface area contributed by atoms with Gasteiger partial charge >= 0.3 is 0 Å². The third-order valence-corrected chi connectivity index (χ3v) is 3.52. The summed E-state index contributed by atoms with van der Waals surface area (Å²) in [5, 5.41) is 0. The molecule has 0 aromatic carbocycles. The second-order valence-corrected chi connectivity index (χ2v) is 4.69. The molecule has 1 rings (SSSR count). The van der Waals surface area contributed by atoms with Gasteiger partial charge in [-0.05, 0) is 20.3 Å². The molecule has 1 unspecified atom stereocenters. The Morgan fingerprint density at radius 3 is 2.53 bits per heavy atom. The van der Waals surface area contributed by atoms with Crippen molar-refractivity contribution in [3.05, 3.63) is 0 Å². The maximum atomic E-state index is 11.7. The molecule has 0 spiro atoms.